The normalized spacial score (nSPS) is 13.5. The maximum atomic E-state index is 10.9. The molecule has 0 spiro atoms. The van der Waals surface area contributed by atoms with Gasteiger partial charge in [0.25, 0.3) is 0 Å². The Balaban J connectivity index is 2.94. The highest BCUT2D eigenvalue weighted by Crippen LogP contribution is 2.48. The van der Waals surface area contributed by atoms with Crippen LogP contribution in [0.5, 0.6) is 11.5 Å². The number of phenols is 1. The van der Waals surface area contributed by atoms with E-state index in [1.807, 2.05) is 26.0 Å². The molecule has 0 saturated heterocycles. The van der Waals surface area contributed by atoms with Gasteiger partial charge in [-0.2, -0.15) is 0 Å². The highest BCUT2D eigenvalue weighted by atomic mass is 31.2. The lowest BCUT2D eigenvalue weighted by Crippen LogP contribution is -2.21. The fourth-order valence-electron chi connectivity index (χ4n) is 4.67. The summed E-state index contributed by atoms with van der Waals surface area (Å²) >= 11 is 0. The van der Waals surface area contributed by atoms with Crippen LogP contribution >= 0.6 is 8.60 Å². The summed E-state index contributed by atoms with van der Waals surface area (Å²) in [6, 6.07) is 8.11. The van der Waals surface area contributed by atoms with E-state index in [1.54, 1.807) is 0 Å². The molecule has 5 heteroatoms. The van der Waals surface area contributed by atoms with Crippen LogP contribution in [0.15, 0.2) is 24.3 Å². The van der Waals surface area contributed by atoms with Gasteiger partial charge in [-0.3, -0.25) is 0 Å². The van der Waals surface area contributed by atoms with Crippen molar-refractivity contribution in [2.24, 2.45) is 0 Å². The van der Waals surface area contributed by atoms with Gasteiger partial charge in [0.1, 0.15) is 11.5 Å². The Morgan fingerprint density at radius 2 is 1.32 bits per heavy atom. The molecule has 0 bridgehead atoms. The van der Waals surface area contributed by atoms with Gasteiger partial charge in [-0.15, -0.1) is 0 Å². The first-order valence-corrected chi connectivity index (χ1v) is 12.2. The van der Waals surface area contributed by atoms with Crippen LogP contribution in [0.4, 0.5) is 0 Å². The van der Waals surface area contributed by atoms with Gasteiger partial charge in [-0.25, -0.2) is 0 Å². The number of benzene rings is 2. The molecule has 2 rings (SSSR count). The van der Waals surface area contributed by atoms with Crippen molar-refractivity contribution in [1.82, 2.24) is 0 Å². The molecule has 0 radical (unpaired) electrons. The third-order valence-corrected chi connectivity index (χ3v) is 5.94. The molecule has 0 saturated carbocycles. The van der Waals surface area contributed by atoms with Crippen molar-refractivity contribution in [1.29, 1.82) is 0 Å². The van der Waals surface area contributed by atoms with Crippen LogP contribution in [-0.4, -0.2) is 14.9 Å². The molecule has 4 nitrogen and oxygen atoms in total. The van der Waals surface area contributed by atoms with Gasteiger partial charge in [-0.05, 0) is 65.5 Å². The third-order valence-electron chi connectivity index (χ3n) is 5.58. The molecule has 1 unspecified atom stereocenters. The molecule has 0 amide bonds. The highest BCUT2D eigenvalue weighted by molar-refractivity contribution is 7.39. The summed E-state index contributed by atoms with van der Waals surface area (Å²) in [7, 11) is -2.52. The fraction of sp³-hybridized carbons (Fsp3) is 0.538. The van der Waals surface area contributed by atoms with Crippen molar-refractivity contribution in [3.05, 3.63) is 57.6 Å². The Bertz CT molecular complexity index is 920. The lowest BCUT2D eigenvalue weighted by atomic mass is 9.72. The van der Waals surface area contributed by atoms with Crippen LogP contribution in [0.1, 0.15) is 101 Å². The van der Waals surface area contributed by atoms with Crippen molar-refractivity contribution < 1.29 is 19.4 Å². The Labute approximate surface area is 189 Å². The van der Waals surface area contributed by atoms with E-state index in [2.05, 4.69) is 60.6 Å². The zero-order valence-electron chi connectivity index (χ0n) is 20.5. The fourth-order valence-corrected chi connectivity index (χ4v) is 4.99. The van der Waals surface area contributed by atoms with E-state index in [-0.39, 0.29) is 16.7 Å². The van der Waals surface area contributed by atoms with Gasteiger partial charge in [0.05, 0.1) is 0 Å². The SMILES string of the molecule is CCCC(c1cc(C)cc(O)c1C(C)(C)C)c1cc(C)cc(OP(O)O)c1C(C)(C)C. The lowest BCUT2D eigenvalue weighted by molar-refractivity contribution is 0.369. The first-order chi connectivity index (χ1) is 14.2. The number of aryl methyl sites for hydroxylation is 2. The molecule has 0 aliphatic heterocycles. The monoisotopic (exact) mass is 446 g/mol. The summed E-state index contributed by atoms with van der Waals surface area (Å²) in [5, 5.41) is 10.9. The number of aromatic hydroxyl groups is 1. The number of hydrogen-bond acceptors (Lipinski definition) is 4. The quantitative estimate of drug-likeness (QED) is 0.413. The Morgan fingerprint density at radius 1 is 0.839 bits per heavy atom. The predicted octanol–water partition coefficient (Wildman–Crippen LogP) is 7.13. The molecule has 0 aliphatic carbocycles. The standard InChI is InChI=1S/C26H39O4P/c1-10-11-18(19-12-16(2)14-21(27)23(19)25(4,5)6)20-13-17(3)15-22(30-31(28)29)24(20)26(7,8)9/h12-15,18,27-29H,10-11H2,1-9H3. The van der Waals surface area contributed by atoms with Crippen LogP contribution in [-0.2, 0) is 10.8 Å². The van der Waals surface area contributed by atoms with E-state index in [9.17, 15) is 14.9 Å². The van der Waals surface area contributed by atoms with E-state index in [0.29, 0.717) is 11.5 Å². The van der Waals surface area contributed by atoms with E-state index in [1.165, 1.54) is 0 Å². The van der Waals surface area contributed by atoms with Crippen LogP contribution in [0.3, 0.4) is 0 Å². The average Bonchev–Trinajstić information content (AvgIpc) is 2.55. The lowest BCUT2D eigenvalue weighted by Gasteiger charge is -2.34. The van der Waals surface area contributed by atoms with Crippen LogP contribution in [0.2, 0.25) is 0 Å². The zero-order valence-corrected chi connectivity index (χ0v) is 21.4. The first-order valence-electron chi connectivity index (χ1n) is 11.0. The molecule has 0 aliphatic rings. The molecule has 2 aromatic carbocycles. The van der Waals surface area contributed by atoms with Crippen molar-refractivity contribution >= 4 is 8.60 Å². The molecular formula is C26H39O4P. The van der Waals surface area contributed by atoms with Crippen LogP contribution in [0, 0.1) is 13.8 Å². The van der Waals surface area contributed by atoms with Crippen molar-refractivity contribution in [3.8, 4) is 11.5 Å². The Hall–Kier alpha value is -1.61. The molecule has 172 valence electrons. The first kappa shape index (κ1) is 25.6. The van der Waals surface area contributed by atoms with Crippen molar-refractivity contribution in [3.63, 3.8) is 0 Å². The van der Waals surface area contributed by atoms with E-state index >= 15 is 0 Å². The van der Waals surface area contributed by atoms with Gasteiger partial charge in [0.2, 0.25) is 0 Å². The molecule has 0 heterocycles. The number of rotatable bonds is 6. The molecule has 31 heavy (non-hydrogen) atoms. The zero-order chi connectivity index (χ0) is 23.7. The molecule has 3 N–H and O–H groups in total. The summed E-state index contributed by atoms with van der Waals surface area (Å²) < 4.78 is 5.53. The smallest absolute Gasteiger partial charge is 0.391 e. The minimum Gasteiger partial charge on any atom is -0.508 e. The minimum atomic E-state index is -2.52. The highest BCUT2D eigenvalue weighted by Gasteiger charge is 2.32. The molecule has 2 aromatic rings. The van der Waals surface area contributed by atoms with Crippen molar-refractivity contribution in [2.45, 2.75) is 91.9 Å². The Morgan fingerprint density at radius 3 is 1.77 bits per heavy atom. The summed E-state index contributed by atoms with van der Waals surface area (Å²) in [6.07, 6.45) is 1.88. The predicted molar refractivity (Wildman–Crippen MR) is 130 cm³/mol. The minimum absolute atomic E-state index is 0.0464. The second kappa shape index (κ2) is 9.48. The Kier molecular flexibility index (Phi) is 7.85. The molecule has 0 aromatic heterocycles. The maximum Gasteiger partial charge on any atom is 0.391 e. The third kappa shape index (κ3) is 6.00. The number of phenolic OH excluding ortho intramolecular Hbond substituents is 1. The molecule has 1 atom stereocenters. The van der Waals surface area contributed by atoms with E-state index in [0.717, 1.165) is 46.2 Å². The summed E-state index contributed by atoms with van der Waals surface area (Å²) in [4.78, 5) is 19.3. The number of hydrogen-bond donors (Lipinski definition) is 3. The maximum absolute atomic E-state index is 10.9. The van der Waals surface area contributed by atoms with Crippen molar-refractivity contribution in [2.75, 3.05) is 0 Å². The molecular weight excluding hydrogens is 407 g/mol. The van der Waals surface area contributed by atoms with E-state index < -0.39 is 8.60 Å². The van der Waals surface area contributed by atoms with Gasteiger partial charge in [-0.1, -0.05) is 67.0 Å². The second-order valence-electron chi connectivity index (χ2n) is 10.7. The summed E-state index contributed by atoms with van der Waals surface area (Å²) in [5.41, 5.74) is 5.72. The second-order valence-corrected chi connectivity index (χ2v) is 11.3. The van der Waals surface area contributed by atoms with Gasteiger partial charge in [0, 0.05) is 17.0 Å². The van der Waals surface area contributed by atoms with Crippen LogP contribution < -0.4 is 4.52 Å². The van der Waals surface area contributed by atoms with Gasteiger partial charge in [0.15, 0.2) is 0 Å². The van der Waals surface area contributed by atoms with Gasteiger partial charge < -0.3 is 19.4 Å². The average molecular weight is 447 g/mol. The van der Waals surface area contributed by atoms with Gasteiger partial charge >= 0.3 is 8.60 Å². The summed E-state index contributed by atoms with van der Waals surface area (Å²) in [5.74, 6) is 0.901. The van der Waals surface area contributed by atoms with E-state index in [4.69, 9.17) is 4.52 Å². The van der Waals surface area contributed by atoms with Crippen LogP contribution in [0.25, 0.3) is 0 Å². The largest absolute Gasteiger partial charge is 0.508 e. The summed E-state index contributed by atoms with van der Waals surface area (Å²) in [6.45, 7) is 18.9. The molecule has 0 fully saturated rings. The topological polar surface area (TPSA) is 69.9 Å².